The monoisotopic (exact) mass is 300 g/mol. The van der Waals surface area contributed by atoms with Crippen LogP contribution in [0.5, 0.6) is 5.75 Å². The Kier molecular flexibility index (Phi) is 3.50. The lowest BCUT2D eigenvalue weighted by molar-refractivity contribution is -0.120. The van der Waals surface area contributed by atoms with E-state index in [1.54, 1.807) is 31.3 Å². The summed E-state index contributed by atoms with van der Waals surface area (Å²) >= 11 is 0. The van der Waals surface area contributed by atoms with Gasteiger partial charge in [-0.2, -0.15) is 0 Å². The van der Waals surface area contributed by atoms with Gasteiger partial charge in [-0.25, -0.2) is 4.39 Å². The van der Waals surface area contributed by atoms with Gasteiger partial charge in [0.15, 0.2) is 6.61 Å². The summed E-state index contributed by atoms with van der Waals surface area (Å²) in [6, 6.07) is 10.7. The van der Waals surface area contributed by atoms with E-state index in [1.165, 1.54) is 23.1 Å². The molecule has 22 heavy (non-hydrogen) atoms. The predicted octanol–water partition coefficient (Wildman–Crippen LogP) is 2.43. The van der Waals surface area contributed by atoms with Crippen molar-refractivity contribution in [2.75, 3.05) is 23.9 Å². The van der Waals surface area contributed by atoms with Crippen molar-refractivity contribution >= 4 is 23.2 Å². The second kappa shape index (κ2) is 5.48. The Bertz CT molecular complexity index is 761. The van der Waals surface area contributed by atoms with Crippen LogP contribution in [0.3, 0.4) is 0 Å². The molecule has 2 aromatic carbocycles. The van der Waals surface area contributed by atoms with Gasteiger partial charge in [-0.1, -0.05) is 12.1 Å². The van der Waals surface area contributed by atoms with Crippen LogP contribution in [0.2, 0.25) is 0 Å². The molecule has 2 amide bonds. The normalized spacial score (nSPS) is 13.4. The first kappa shape index (κ1) is 14.1. The Hall–Kier alpha value is -2.89. The number of rotatable bonds is 2. The van der Waals surface area contributed by atoms with Crippen LogP contribution in [0.25, 0.3) is 0 Å². The molecule has 2 aromatic rings. The van der Waals surface area contributed by atoms with Crippen LogP contribution >= 0.6 is 0 Å². The summed E-state index contributed by atoms with van der Waals surface area (Å²) in [6.07, 6.45) is 0. The summed E-state index contributed by atoms with van der Waals surface area (Å²) in [7, 11) is 1.65. The van der Waals surface area contributed by atoms with Crippen molar-refractivity contribution in [3.63, 3.8) is 0 Å². The van der Waals surface area contributed by atoms with Crippen LogP contribution in [0.4, 0.5) is 15.8 Å². The molecule has 3 rings (SSSR count). The average molecular weight is 300 g/mol. The highest BCUT2D eigenvalue weighted by molar-refractivity contribution is 6.05. The van der Waals surface area contributed by atoms with E-state index in [-0.39, 0.29) is 18.1 Å². The molecule has 6 heteroatoms. The van der Waals surface area contributed by atoms with Crippen molar-refractivity contribution in [2.45, 2.75) is 0 Å². The Labute approximate surface area is 126 Å². The van der Waals surface area contributed by atoms with Crippen molar-refractivity contribution in [3.05, 3.63) is 53.8 Å². The Morgan fingerprint density at radius 3 is 2.82 bits per heavy atom. The van der Waals surface area contributed by atoms with Crippen LogP contribution in [-0.2, 0) is 4.79 Å². The van der Waals surface area contributed by atoms with Gasteiger partial charge in [0.1, 0.15) is 11.6 Å². The maximum absolute atomic E-state index is 13.6. The van der Waals surface area contributed by atoms with Crippen LogP contribution in [0, 0.1) is 5.82 Å². The van der Waals surface area contributed by atoms with Crippen molar-refractivity contribution in [2.24, 2.45) is 0 Å². The zero-order chi connectivity index (χ0) is 15.7. The molecule has 112 valence electrons. The number of likely N-dealkylation sites (N-methyl/N-ethyl adjacent to an activating group) is 1. The number of amides is 2. The molecule has 0 radical (unpaired) electrons. The van der Waals surface area contributed by atoms with Gasteiger partial charge < -0.3 is 15.0 Å². The molecule has 0 atom stereocenters. The fourth-order valence-electron chi connectivity index (χ4n) is 2.20. The van der Waals surface area contributed by atoms with Gasteiger partial charge in [-0.15, -0.1) is 0 Å². The third-order valence-electron chi connectivity index (χ3n) is 3.42. The van der Waals surface area contributed by atoms with Gasteiger partial charge >= 0.3 is 0 Å². The minimum atomic E-state index is -0.584. The molecule has 0 aromatic heterocycles. The topological polar surface area (TPSA) is 58.6 Å². The van der Waals surface area contributed by atoms with Crippen molar-refractivity contribution in [1.29, 1.82) is 0 Å². The fourth-order valence-corrected chi connectivity index (χ4v) is 2.20. The van der Waals surface area contributed by atoms with Gasteiger partial charge in [-0.3, -0.25) is 9.59 Å². The molecule has 1 N–H and O–H groups in total. The second-order valence-corrected chi connectivity index (χ2v) is 4.86. The van der Waals surface area contributed by atoms with E-state index in [4.69, 9.17) is 4.74 Å². The molecule has 0 fully saturated rings. The average Bonchev–Trinajstić information content (AvgIpc) is 2.51. The van der Waals surface area contributed by atoms with E-state index in [0.717, 1.165) is 0 Å². The fraction of sp³-hybridized carbons (Fsp3) is 0.125. The number of hydrogen-bond donors (Lipinski definition) is 1. The van der Waals surface area contributed by atoms with E-state index in [2.05, 4.69) is 5.32 Å². The minimum absolute atomic E-state index is 0.0339. The molecule has 0 saturated heterocycles. The SMILES string of the molecule is CN1C(=O)COc2cc(NC(=O)c3ccccc3F)ccc21. The molecule has 0 bridgehead atoms. The lowest BCUT2D eigenvalue weighted by Crippen LogP contribution is -2.35. The zero-order valence-corrected chi connectivity index (χ0v) is 11.8. The zero-order valence-electron chi connectivity index (χ0n) is 11.8. The van der Waals surface area contributed by atoms with E-state index in [0.29, 0.717) is 17.1 Å². The molecule has 1 aliphatic heterocycles. The number of hydrogen-bond acceptors (Lipinski definition) is 3. The minimum Gasteiger partial charge on any atom is -0.481 e. The number of halogens is 1. The third-order valence-corrected chi connectivity index (χ3v) is 3.42. The maximum Gasteiger partial charge on any atom is 0.264 e. The number of nitrogens with zero attached hydrogens (tertiary/aromatic N) is 1. The lowest BCUT2D eigenvalue weighted by Gasteiger charge is -2.26. The molecule has 0 unspecified atom stereocenters. The third kappa shape index (κ3) is 2.50. The first-order valence-corrected chi connectivity index (χ1v) is 6.65. The quantitative estimate of drug-likeness (QED) is 0.926. The molecule has 0 saturated carbocycles. The van der Waals surface area contributed by atoms with E-state index in [1.807, 2.05) is 0 Å². The van der Waals surface area contributed by atoms with Gasteiger partial charge in [0.05, 0.1) is 11.3 Å². The number of ether oxygens (including phenoxy) is 1. The largest absolute Gasteiger partial charge is 0.481 e. The number of anilines is 2. The number of carbonyl (C=O) groups excluding carboxylic acids is 2. The highest BCUT2D eigenvalue weighted by atomic mass is 19.1. The van der Waals surface area contributed by atoms with E-state index >= 15 is 0 Å². The van der Waals surface area contributed by atoms with Crippen LogP contribution in [0.1, 0.15) is 10.4 Å². The summed E-state index contributed by atoms with van der Waals surface area (Å²) in [5.74, 6) is -0.776. The highest BCUT2D eigenvalue weighted by Gasteiger charge is 2.22. The summed E-state index contributed by atoms with van der Waals surface area (Å²) < 4.78 is 18.9. The van der Waals surface area contributed by atoms with Gasteiger partial charge in [0.2, 0.25) is 0 Å². The van der Waals surface area contributed by atoms with Crippen molar-refractivity contribution in [1.82, 2.24) is 0 Å². The standard InChI is InChI=1S/C16H13FN2O3/c1-19-13-7-6-10(8-14(13)22-9-15(19)20)18-16(21)11-4-2-3-5-12(11)17/h2-8H,9H2,1H3,(H,18,21). The Morgan fingerprint density at radius 2 is 2.05 bits per heavy atom. The summed E-state index contributed by atoms with van der Waals surface area (Å²) in [5, 5.41) is 2.61. The van der Waals surface area contributed by atoms with E-state index in [9.17, 15) is 14.0 Å². The first-order valence-electron chi connectivity index (χ1n) is 6.65. The second-order valence-electron chi connectivity index (χ2n) is 4.86. The van der Waals surface area contributed by atoms with Gasteiger partial charge in [-0.05, 0) is 24.3 Å². The lowest BCUT2D eigenvalue weighted by atomic mass is 10.2. The van der Waals surface area contributed by atoms with E-state index < -0.39 is 11.7 Å². The smallest absolute Gasteiger partial charge is 0.264 e. The molecule has 5 nitrogen and oxygen atoms in total. The molecule has 1 aliphatic rings. The van der Waals surface area contributed by atoms with Gasteiger partial charge in [0, 0.05) is 18.8 Å². The Balaban J connectivity index is 1.84. The predicted molar refractivity (Wildman–Crippen MR) is 79.7 cm³/mol. The van der Waals surface area contributed by atoms with Crippen molar-refractivity contribution in [3.8, 4) is 5.75 Å². The van der Waals surface area contributed by atoms with Crippen LogP contribution in [0.15, 0.2) is 42.5 Å². The molecular weight excluding hydrogens is 287 g/mol. The maximum atomic E-state index is 13.6. The summed E-state index contributed by atoms with van der Waals surface area (Å²) in [5.41, 5.74) is 1.06. The van der Waals surface area contributed by atoms with Crippen molar-refractivity contribution < 1.29 is 18.7 Å². The summed E-state index contributed by atoms with van der Waals surface area (Å²) in [6.45, 7) is -0.0474. The number of fused-ring (bicyclic) bond motifs is 1. The van der Waals surface area contributed by atoms with Crippen LogP contribution in [-0.4, -0.2) is 25.5 Å². The molecule has 0 aliphatic carbocycles. The number of nitrogens with one attached hydrogen (secondary N) is 1. The summed E-state index contributed by atoms with van der Waals surface area (Å²) in [4.78, 5) is 25.1. The van der Waals surface area contributed by atoms with Gasteiger partial charge in [0.25, 0.3) is 11.8 Å². The number of benzene rings is 2. The molecule has 1 heterocycles. The number of carbonyl (C=O) groups is 2. The Morgan fingerprint density at radius 1 is 1.27 bits per heavy atom. The highest BCUT2D eigenvalue weighted by Crippen LogP contribution is 2.33. The van der Waals surface area contributed by atoms with Crippen LogP contribution < -0.4 is 15.0 Å². The molecule has 0 spiro atoms. The molecular formula is C16H13FN2O3. The first-order chi connectivity index (χ1) is 10.6.